The maximum atomic E-state index is 11.3. The van der Waals surface area contributed by atoms with Crippen molar-refractivity contribution in [1.82, 2.24) is 15.4 Å². The average Bonchev–Trinajstić information content (AvgIpc) is 3.14. The van der Waals surface area contributed by atoms with Crippen molar-refractivity contribution >= 4 is 27.0 Å². The lowest BCUT2D eigenvalue weighted by Gasteiger charge is -2.05. The predicted octanol–water partition coefficient (Wildman–Crippen LogP) is 2.44. The molecule has 9 heteroatoms. The van der Waals surface area contributed by atoms with Crippen molar-refractivity contribution < 1.29 is 8.42 Å². The van der Waals surface area contributed by atoms with Crippen molar-refractivity contribution in [2.45, 2.75) is 0 Å². The highest BCUT2D eigenvalue weighted by atomic mass is 32.2. The first-order valence-electron chi connectivity index (χ1n) is 6.45. The number of hydrogen-bond acceptors (Lipinski definition) is 6. The quantitative estimate of drug-likeness (QED) is 0.754. The molecule has 116 valence electrons. The van der Waals surface area contributed by atoms with Gasteiger partial charge in [-0.25, -0.2) is 8.42 Å². The molecule has 0 radical (unpaired) electrons. The molecule has 2 heterocycles. The Labute approximate surface area is 136 Å². The van der Waals surface area contributed by atoms with Gasteiger partial charge in [-0.15, -0.1) is 16.4 Å². The number of nitriles is 1. The van der Waals surface area contributed by atoms with Gasteiger partial charge in [0.1, 0.15) is 11.8 Å². The standard InChI is InChI=1S/C14H11N5O2S2/c1-23(20,21)18-10-4-2-3-9(7-10)12-5-6-13(22-12)14-11(8-15)16-19-17-14/h2-7,18H,1H3,(H,16,17,19). The molecule has 0 fully saturated rings. The minimum atomic E-state index is -3.32. The van der Waals surface area contributed by atoms with Crippen LogP contribution in [0.4, 0.5) is 5.69 Å². The minimum absolute atomic E-state index is 0.242. The maximum Gasteiger partial charge on any atom is 0.229 e. The number of benzene rings is 1. The highest BCUT2D eigenvalue weighted by Gasteiger charge is 2.13. The lowest BCUT2D eigenvalue weighted by molar-refractivity contribution is 0.607. The molecule has 3 rings (SSSR count). The highest BCUT2D eigenvalue weighted by Crippen LogP contribution is 2.35. The summed E-state index contributed by atoms with van der Waals surface area (Å²) >= 11 is 1.45. The summed E-state index contributed by atoms with van der Waals surface area (Å²) < 4.78 is 25.1. The average molecular weight is 345 g/mol. The zero-order valence-electron chi connectivity index (χ0n) is 11.9. The van der Waals surface area contributed by atoms with Crippen LogP contribution in [0.25, 0.3) is 21.0 Å². The number of H-pyrrole nitrogens is 1. The van der Waals surface area contributed by atoms with Crippen LogP contribution in [0.1, 0.15) is 5.69 Å². The van der Waals surface area contributed by atoms with Gasteiger partial charge in [-0.3, -0.25) is 4.72 Å². The Hall–Kier alpha value is -2.70. The number of anilines is 1. The van der Waals surface area contributed by atoms with Crippen LogP contribution in [0.2, 0.25) is 0 Å². The van der Waals surface area contributed by atoms with Gasteiger partial charge >= 0.3 is 0 Å². The number of aromatic nitrogens is 3. The van der Waals surface area contributed by atoms with E-state index in [-0.39, 0.29) is 5.69 Å². The second-order valence-electron chi connectivity index (χ2n) is 4.75. The number of nitrogens with zero attached hydrogens (tertiary/aromatic N) is 3. The molecule has 0 unspecified atom stereocenters. The summed E-state index contributed by atoms with van der Waals surface area (Å²) in [5.41, 5.74) is 2.12. The molecular weight excluding hydrogens is 334 g/mol. The van der Waals surface area contributed by atoms with Crippen molar-refractivity contribution in [1.29, 1.82) is 5.26 Å². The molecule has 3 aromatic rings. The van der Waals surface area contributed by atoms with Crippen molar-refractivity contribution in [3.05, 3.63) is 42.1 Å². The SMILES string of the molecule is CS(=O)(=O)Nc1cccc(-c2ccc(-c3n[nH]nc3C#N)s2)c1. The molecule has 0 atom stereocenters. The Morgan fingerprint density at radius 1 is 1.22 bits per heavy atom. The van der Waals surface area contributed by atoms with Gasteiger partial charge in [-0.2, -0.15) is 15.6 Å². The van der Waals surface area contributed by atoms with E-state index >= 15 is 0 Å². The number of aromatic amines is 1. The van der Waals surface area contributed by atoms with Gasteiger partial charge in [0.25, 0.3) is 0 Å². The minimum Gasteiger partial charge on any atom is -0.284 e. The third-order valence-corrected chi connectivity index (χ3v) is 4.69. The molecule has 1 aromatic carbocycles. The molecule has 0 aliphatic rings. The monoisotopic (exact) mass is 345 g/mol. The molecule has 0 aliphatic heterocycles. The molecule has 7 nitrogen and oxygen atoms in total. The second-order valence-corrected chi connectivity index (χ2v) is 7.58. The molecule has 2 N–H and O–H groups in total. The van der Waals surface area contributed by atoms with E-state index in [1.165, 1.54) is 11.3 Å². The van der Waals surface area contributed by atoms with Crippen LogP contribution < -0.4 is 4.72 Å². The molecule has 0 saturated heterocycles. The predicted molar refractivity (Wildman–Crippen MR) is 88.3 cm³/mol. The topological polar surface area (TPSA) is 112 Å². The van der Waals surface area contributed by atoms with Crippen molar-refractivity contribution in [3.63, 3.8) is 0 Å². The first-order valence-corrected chi connectivity index (χ1v) is 9.16. The van der Waals surface area contributed by atoms with Crippen LogP contribution in [0.3, 0.4) is 0 Å². The van der Waals surface area contributed by atoms with E-state index in [9.17, 15) is 8.42 Å². The summed E-state index contributed by atoms with van der Waals surface area (Å²) in [6, 6.07) is 12.8. The van der Waals surface area contributed by atoms with Gasteiger partial charge in [0, 0.05) is 10.6 Å². The van der Waals surface area contributed by atoms with Gasteiger partial charge in [0.15, 0.2) is 5.69 Å². The van der Waals surface area contributed by atoms with E-state index in [4.69, 9.17) is 5.26 Å². The molecule has 23 heavy (non-hydrogen) atoms. The smallest absolute Gasteiger partial charge is 0.229 e. The molecule has 2 aromatic heterocycles. The zero-order valence-corrected chi connectivity index (χ0v) is 13.6. The van der Waals surface area contributed by atoms with Gasteiger partial charge < -0.3 is 0 Å². The third-order valence-electron chi connectivity index (χ3n) is 2.94. The summed E-state index contributed by atoms with van der Waals surface area (Å²) in [5, 5.41) is 19.2. The lowest BCUT2D eigenvalue weighted by atomic mass is 10.1. The van der Waals surface area contributed by atoms with Crippen molar-refractivity contribution in [2.75, 3.05) is 11.0 Å². The van der Waals surface area contributed by atoms with Gasteiger partial charge in [-0.05, 0) is 29.8 Å². The lowest BCUT2D eigenvalue weighted by Crippen LogP contribution is -2.09. The Kier molecular flexibility index (Phi) is 3.85. The highest BCUT2D eigenvalue weighted by molar-refractivity contribution is 7.92. The summed E-state index contributed by atoms with van der Waals surface area (Å²) in [6.45, 7) is 0. The normalized spacial score (nSPS) is 11.1. The van der Waals surface area contributed by atoms with Crippen LogP contribution >= 0.6 is 11.3 Å². The van der Waals surface area contributed by atoms with E-state index < -0.39 is 10.0 Å². The Morgan fingerprint density at radius 2 is 2.00 bits per heavy atom. The van der Waals surface area contributed by atoms with E-state index in [0.717, 1.165) is 21.6 Å². The second kappa shape index (κ2) is 5.83. The fraction of sp³-hybridized carbons (Fsp3) is 0.0714. The van der Waals surface area contributed by atoms with Crippen LogP contribution in [0.5, 0.6) is 0 Å². The molecule has 0 amide bonds. The van der Waals surface area contributed by atoms with Crippen molar-refractivity contribution in [3.8, 4) is 27.1 Å². The molecule has 0 saturated carbocycles. The molecule has 0 bridgehead atoms. The number of rotatable bonds is 4. The van der Waals surface area contributed by atoms with Crippen LogP contribution in [0.15, 0.2) is 36.4 Å². The number of thiophene rings is 1. The summed E-state index contributed by atoms with van der Waals surface area (Å²) in [6.07, 6.45) is 1.11. The first-order chi connectivity index (χ1) is 11.0. The van der Waals surface area contributed by atoms with Gasteiger partial charge in [0.05, 0.1) is 11.1 Å². The molecule has 0 aliphatic carbocycles. The van der Waals surface area contributed by atoms with Crippen LogP contribution in [-0.4, -0.2) is 30.1 Å². The molecular formula is C14H11N5O2S2. The number of sulfonamides is 1. The van der Waals surface area contributed by atoms with Crippen LogP contribution in [-0.2, 0) is 10.0 Å². The largest absolute Gasteiger partial charge is 0.284 e. The van der Waals surface area contributed by atoms with Crippen molar-refractivity contribution in [2.24, 2.45) is 0 Å². The fourth-order valence-corrected chi connectivity index (χ4v) is 3.60. The Morgan fingerprint density at radius 3 is 2.74 bits per heavy atom. The molecule has 0 spiro atoms. The fourth-order valence-electron chi connectivity index (χ4n) is 2.05. The Balaban J connectivity index is 1.95. The zero-order chi connectivity index (χ0) is 16.4. The number of hydrogen-bond donors (Lipinski definition) is 2. The van der Waals surface area contributed by atoms with E-state index in [0.29, 0.717) is 11.4 Å². The summed E-state index contributed by atoms with van der Waals surface area (Å²) in [7, 11) is -3.32. The van der Waals surface area contributed by atoms with Crippen LogP contribution in [0, 0.1) is 11.3 Å². The first kappa shape index (κ1) is 15.2. The number of nitrogens with one attached hydrogen (secondary N) is 2. The summed E-state index contributed by atoms with van der Waals surface area (Å²) in [4.78, 5) is 1.75. The summed E-state index contributed by atoms with van der Waals surface area (Å²) in [5.74, 6) is 0. The Bertz CT molecular complexity index is 998. The van der Waals surface area contributed by atoms with E-state index in [2.05, 4.69) is 20.1 Å². The van der Waals surface area contributed by atoms with Gasteiger partial charge in [-0.1, -0.05) is 12.1 Å². The van der Waals surface area contributed by atoms with E-state index in [1.54, 1.807) is 18.2 Å². The van der Waals surface area contributed by atoms with Gasteiger partial charge in [0.2, 0.25) is 10.0 Å². The van der Waals surface area contributed by atoms with E-state index in [1.807, 2.05) is 24.3 Å². The maximum absolute atomic E-state index is 11.3. The third kappa shape index (κ3) is 3.39.